The molecule has 3 aromatic rings. The number of hydrogen-bond acceptors (Lipinski definition) is 5. The van der Waals surface area contributed by atoms with Crippen molar-refractivity contribution < 1.29 is 19.1 Å². The summed E-state index contributed by atoms with van der Waals surface area (Å²) < 4.78 is 12.8. The summed E-state index contributed by atoms with van der Waals surface area (Å²) >= 11 is 0. The van der Waals surface area contributed by atoms with E-state index in [9.17, 15) is 9.59 Å². The average Bonchev–Trinajstić information content (AvgIpc) is 3.44. The maximum atomic E-state index is 14.1. The third kappa shape index (κ3) is 7.14. The Morgan fingerprint density at radius 2 is 1.71 bits per heavy atom. The molecule has 1 aliphatic heterocycles. The maximum absolute atomic E-state index is 14.1. The van der Waals surface area contributed by atoms with E-state index in [4.69, 9.17) is 14.6 Å². The quantitative estimate of drug-likeness (QED) is 0.277. The SMILES string of the molecule is CCOC(=O)c1cn(-c2ccc(C/C=C\c3ccccc3)cc2)nc1N(C(=O)[C@H]1CC[C@H](C)CC1)C1CCOCC1. The number of carbonyl (C=O) groups excluding carboxylic acids is 2. The van der Waals surface area contributed by atoms with Crippen LogP contribution in [0, 0.1) is 11.8 Å². The van der Waals surface area contributed by atoms with Gasteiger partial charge in [-0.2, -0.15) is 0 Å². The first-order chi connectivity index (χ1) is 20.0. The van der Waals surface area contributed by atoms with Gasteiger partial charge in [-0.15, -0.1) is 5.10 Å². The van der Waals surface area contributed by atoms with E-state index in [1.807, 2.05) is 35.2 Å². The molecule has 1 saturated heterocycles. The first-order valence-electron chi connectivity index (χ1n) is 15.0. The minimum atomic E-state index is -0.460. The van der Waals surface area contributed by atoms with Gasteiger partial charge in [-0.25, -0.2) is 9.48 Å². The number of ether oxygens (including phenoxy) is 2. The minimum Gasteiger partial charge on any atom is -0.462 e. The van der Waals surface area contributed by atoms with Gasteiger partial charge in [0.05, 0.1) is 12.3 Å². The fourth-order valence-electron chi connectivity index (χ4n) is 5.81. The highest BCUT2D eigenvalue weighted by atomic mass is 16.5. The van der Waals surface area contributed by atoms with E-state index < -0.39 is 5.97 Å². The lowest BCUT2D eigenvalue weighted by atomic mass is 9.82. The van der Waals surface area contributed by atoms with Gasteiger partial charge in [0.1, 0.15) is 5.56 Å². The lowest BCUT2D eigenvalue weighted by molar-refractivity contribution is -0.124. The molecule has 1 saturated carbocycles. The molecule has 7 heteroatoms. The van der Waals surface area contributed by atoms with E-state index in [1.165, 1.54) is 11.1 Å². The van der Waals surface area contributed by atoms with Gasteiger partial charge in [-0.1, -0.05) is 61.5 Å². The van der Waals surface area contributed by atoms with Crippen LogP contribution in [0.3, 0.4) is 0 Å². The monoisotopic (exact) mass is 555 g/mol. The van der Waals surface area contributed by atoms with Crippen LogP contribution in [0.2, 0.25) is 0 Å². The van der Waals surface area contributed by atoms with Crippen molar-refractivity contribution in [3.8, 4) is 5.69 Å². The van der Waals surface area contributed by atoms with Gasteiger partial charge in [0, 0.05) is 31.4 Å². The Labute approximate surface area is 243 Å². The number of rotatable bonds is 9. The van der Waals surface area contributed by atoms with Crippen molar-refractivity contribution in [2.75, 3.05) is 24.7 Å². The number of carbonyl (C=O) groups is 2. The molecule has 0 radical (unpaired) electrons. The second-order valence-corrected chi connectivity index (χ2v) is 11.2. The minimum absolute atomic E-state index is 0.0579. The van der Waals surface area contributed by atoms with Gasteiger partial charge >= 0.3 is 5.97 Å². The van der Waals surface area contributed by atoms with E-state index in [2.05, 4.69) is 43.3 Å². The second-order valence-electron chi connectivity index (χ2n) is 11.2. The Bertz CT molecular complexity index is 1320. The number of allylic oxidation sites excluding steroid dienone is 1. The zero-order valence-corrected chi connectivity index (χ0v) is 24.2. The number of anilines is 1. The Balaban J connectivity index is 1.43. The molecule has 7 nitrogen and oxygen atoms in total. The van der Waals surface area contributed by atoms with Crippen molar-refractivity contribution in [1.82, 2.24) is 9.78 Å². The molecule has 2 aromatic carbocycles. The van der Waals surface area contributed by atoms with Crippen molar-refractivity contribution in [1.29, 1.82) is 0 Å². The van der Waals surface area contributed by atoms with E-state index in [0.717, 1.165) is 50.6 Å². The van der Waals surface area contributed by atoms with Crippen molar-refractivity contribution in [3.05, 3.63) is 83.6 Å². The van der Waals surface area contributed by atoms with Crippen LogP contribution in [-0.4, -0.2) is 47.5 Å². The molecule has 5 rings (SSSR count). The molecular formula is C34H41N3O4. The molecule has 1 aliphatic carbocycles. The molecule has 41 heavy (non-hydrogen) atoms. The summed E-state index contributed by atoms with van der Waals surface area (Å²) in [6, 6.07) is 18.3. The fraction of sp³-hybridized carbons (Fsp3) is 0.441. The third-order valence-electron chi connectivity index (χ3n) is 8.24. The molecule has 0 spiro atoms. The topological polar surface area (TPSA) is 73.7 Å². The summed E-state index contributed by atoms with van der Waals surface area (Å²) in [5.41, 5.74) is 3.49. The van der Waals surface area contributed by atoms with Crippen molar-refractivity contribution in [2.24, 2.45) is 11.8 Å². The highest BCUT2D eigenvalue weighted by Gasteiger charge is 2.37. The van der Waals surface area contributed by atoms with E-state index >= 15 is 0 Å². The fourth-order valence-corrected chi connectivity index (χ4v) is 5.81. The first kappa shape index (κ1) is 28.8. The van der Waals surface area contributed by atoms with Gasteiger partial charge in [0.15, 0.2) is 5.82 Å². The first-order valence-corrected chi connectivity index (χ1v) is 15.0. The van der Waals surface area contributed by atoms with Crippen LogP contribution in [0.4, 0.5) is 5.82 Å². The Morgan fingerprint density at radius 3 is 2.39 bits per heavy atom. The Hall–Kier alpha value is -3.71. The molecule has 2 heterocycles. The second kappa shape index (κ2) is 13.8. The van der Waals surface area contributed by atoms with Gasteiger partial charge in [0.25, 0.3) is 0 Å². The highest BCUT2D eigenvalue weighted by molar-refractivity contribution is 6.02. The summed E-state index contributed by atoms with van der Waals surface area (Å²) in [5, 5.41) is 4.89. The summed E-state index contributed by atoms with van der Waals surface area (Å²) in [6.07, 6.45) is 12.1. The van der Waals surface area contributed by atoms with Crippen molar-refractivity contribution in [3.63, 3.8) is 0 Å². The molecule has 1 amide bonds. The normalized spacial score (nSPS) is 19.8. The molecule has 0 unspecified atom stereocenters. The average molecular weight is 556 g/mol. The van der Waals surface area contributed by atoms with Crippen LogP contribution >= 0.6 is 0 Å². The third-order valence-corrected chi connectivity index (χ3v) is 8.24. The van der Waals surface area contributed by atoms with Crippen LogP contribution in [0.25, 0.3) is 11.8 Å². The summed E-state index contributed by atoms with van der Waals surface area (Å²) in [4.78, 5) is 29.1. The number of nitrogens with zero attached hydrogens (tertiary/aromatic N) is 3. The molecule has 2 aliphatic rings. The molecule has 2 fully saturated rings. The number of amides is 1. The lowest BCUT2D eigenvalue weighted by Gasteiger charge is -2.37. The van der Waals surface area contributed by atoms with Gasteiger partial charge < -0.3 is 9.47 Å². The van der Waals surface area contributed by atoms with Gasteiger partial charge in [-0.05, 0) is 81.0 Å². The van der Waals surface area contributed by atoms with Gasteiger partial charge in [-0.3, -0.25) is 9.69 Å². The number of benzene rings is 2. The van der Waals surface area contributed by atoms with E-state index in [1.54, 1.807) is 17.8 Å². The number of aromatic nitrogens is 2. The maximum Gasteiger partial charge on any atom is 0.343 e. The highest BCUT2D eigenvalue weighted by Crippen LogP contribution is 2.34. The summed E-state index contributed by atoms with van der Waals surface area (Å²) in [6.45, 7) is 5.47. The number of hydrogen-bond donors (Lipinski definition) is 0. The molecule has 0 bridgehead atoms. The molecule has 216 valence electrons. The molecule has 0 atom stereocenters. The summed E-state index contributed by atoms with van der Waals surface area (Å²) in [7, 11) is 0. The zero-order valence-electron chi connectivity index (χ0n) is 24.2. The van der Waals surface area contributed by atoms with Crippen molar-refractivity contribution >= 4 is 23.8 Å². The lowest BCUT2D eigenvalue weighted by Crippen LogP contribution is -2.47. The van der Waals surface area contributed by atoms with Crippen LogP contribution in [0.1, 0.15) is 73.9 Å². The number of esters is 1. The van der Waals surface area contributed by atoms with Crippen LogP contribution in [0.5, 0.6) is 0 Å². The standard InChI is InChI=1S/C34H41N3O4/c1-3-41-34(39)31-24-36(29-18-14-27(15-19-29)11-7-10-26-8-5-4-6-9-26)35-32(31)37(30-20-22-40-23-21-30)33(38)28-16-12-25(2)13-17-28/h4-10,14-15,18-19,24-25,28,30H,3,11-13,16-17,20-23H2,1-2H3/b10-7-/t25-,28-. The molecular weight excluding hydrogens is 514 g/mol. The summed E-state index contributed by atoms with van der Waals surface area (Å²) in [5.74, 6) is 0.590. The predicted octanol–water partition coefficient (Wildman–Crippen LogP) is 6.64. The van der Waals surface area contributed by atoms with Crippen molar-refractivity contribution in [2.45, 2.75) is 64.8 Å². The van der Waals surface area contributed by atoms with Crippen LogP contribution in [-0.2, 0) is 20.7 Å². The van der Waals surface area contributed by atoms with Gasteiger partial charge in [0.2, 0.25) is 5.91 Å². The molecule has 0 N–H and O–H groups in total. The smallest absolute Gasteiger partial charge is 0.343 e. The Kier molecular flexibility index (Phi) is 9.67. The molecule has 1 aromatic heterocycles. The zero-order chi connectivity index (χ0) is 28.6. The Morgan fingerprint density at radius 1 is 1.00 bits per heavy atom. The predicted molar refractivity (Wildman–Crippen MR) is 161 cm³/mol. The largest absolute Gasteiger partial charge is 0.462 e. The van der Waals surface area contributed by atoms with E-state index in [-0.39, 0.29) is 24.5 Å². The van der Waals surface area contributed by atoms with E-state index in [0.29, 0.717) is 30.5 Å². The van der Waals surface area contributed by atoms with Crippen LogP contribution in [0.15, 0.2) is 66.9 Å². The van der Waals surface area contributed by atoms with Crippen LogP contribution < -0.4 is 4.90 Å².